The number of hydrogen-bond acceptors (Lipinski definition) is 5. The van der Waals surface area contributed by atoms with Crippen molar-refractivity contribution in [1.82, 2.24) is 4.90 Å². The largest absolute Gasteiger partial charge is 0.507 e. The van der Waals surface area contributed by atoms with Gasteiger partial charge in [-0.05, 0) is 54.8 Å². The number of ketones is 1. The second-order valence-corrected chi connectivity index (χ2v) is 7.85. The number of aliphatic hydroxyl groups excluding tert-OH is 1. The van der Waals surface area contributed by atoms with Crippen molar-refractivity contribution in [2.24, 2.45) is 0 Å². The second-order valence-electron chi connectivity index (χ2n) is 7.85. The van der Waals surface area contributed by atoms with Gasteiger partial charge in [0.1, 0.15) is 17.3 Å². The minimum Gasteiger partial charge on any atom is -0.507 e. The van der Waals surface area contributed by atoms with Gasteiger partial charge in [0.05, 0.1) is 25.3 Å². The Kier molecular flexibility index (Phi) is 7.92. The fraction of sp³-hybridized carbons (Fsp3) is 0.385. The lowest BCUT2D eigenvalue weighted by Crippen LogP contribution is -2.30. The van der Waals surface area contributed by atoms with Gasteiger partial charge in [0, 0.05) is 12.1 Å². The Morgan fingerprint density at radius 3 is 2.41 bits per heavy atom. The van der Waals surface area contributed by atoms with E-state index in [1.807, 2.05) is 19.1 Å². The van der Waals surface area contributed by atoms with Crippen molar-refractivity contribution in [1.29, 1.82) is 0 Å². The van der Waals surface area contributed by atoms with E-state index >= 15 is 0 Å². The van der Waals surface area contributed by atoms with Crippen molar-refractivity contribution >= 4 is 17.4 Å². The molecule has 6 heteroatoms. The van der Waals surface area contributed by atoms with Crippen LogP contribution in [0.3, 0.4) is 0 Å². The maximum atomic E-state index is 12.9. The summed E-state index contributed by atoms with van der Waals surface area (Å²) in [7, 11) is 1.56. The van der Waals surface area contributed by atoms with Crippen LogP contribution in [-0.4, -0.2) is 42.0 Å². The zero-order valence-corrected chi connectivity index (χ0v) is 19.0. The molecule has 2 aromatic carbocycles. The van der Waals surface area contributed by atoms with E-state index in [0.29, 0.717) is 36.6 Å². The van der Waals surface area contributed by atoms with Crippen LogP contribution in [0.5, 0.6) is 11.5 Å². The Morgan fingerprint density at radius 1 is 1.00 bits per heavy atom. The molecule has 170 valence electrons. The molecule has 2 aromatic rings. The SMILES string of the molecule is CCCCCOc1ccc(/C(O)=C2/C(=O)C(=O)N(CCC)C2c2cccc(OC)c2)cc1. The number of methoxy groups -OCH3 is 1. The van der Waals surface area contributed by atoms with Gasteiger partial charge in [-0.25, -0.2) is 0 Å². The third-order valence-electron chi connectivity index (χ3n) is 5.56. The number of amides is 1. The average Bonchev–Trinajstić information content (AvgIpc) is 3.07. The number of ether oxygens (including phenoxy) is 2. The summed E-state index contributed by atoms with van der Waals surface area (Å²) in [6, 6.07) is 13.5. The van der Waals surface area contributed by atoms with Gasteiger partial charge in [-0.3, -0.25) is 9.59 Å². The second kappa shape index (κ2) is 10.8. The number of unbranched alkanes of at least 4 members (excludes halogenated alkanes) is 2. The van der Waals surface area contributed by atoms with E-state index in [-0.39, 0.29) is 11.3 Å². The molecule has 1 aliphatic rings. The zero-order valence-electron chi connectivity index (χ0n) is 19.0. The van der Waals surface area contributed by atoms with Crippen molar-refractivity contribution in [2.75, 3.05) is 20.3 Å². The molecule has 0 aliphatic carbocycles. The summed E-state index contributed by atoms with van der Waals surface area (Å²) in [6.07, 6.45) is 3.91. The highest BCUT2D eigenvalue weighted by Gasteiger charge is 2.45. The van der Waals surface area contributed by atoms with Crippen molar-refractivity contribution in [3.63, 3.8) is 0 Å². The summed E-state index contributed by atoms with van der Waals surface area (Å²) >= 11 is 0. The summed E-state index contributed by atoms with van der Waals surface area (Å²) in [5.74, 6) is -0.143. The molecule has 0 saturated carbocycles. The van der Waals surface area contributed by atoms with Crippen LogP contribution in [0.15, 0.2) is 54.1 Å². The number of carbonyl (C=O) groups is 2. The number of aliphatic hydroxyl groups is 1. The maximum absolute atomic E-state index is 12.9. The Balaban J connectivity index is 1.97. The standard InChI is InChI=1S/C26H31NO5/c1-4-6-7-16-32-20-13-11-18(12-14-20)24(28)22-23(19-9-8-10-21(17-19)31-3)27(15-5-2)26(30)25(22)29/h8-14,17,23,28H,4-7,15-16H2,1-3H3/b24-22-. The van der Waals surface area contributed by atoms with Gasteiger partial charge in [-0.2, -0.15) is 0 Å². The Bertz CT molecular complexity index is 980. The number of hydrogen-bond donors (Lipinski definition) is 1. The average molecular weight is 438 g/mol. The first-order valence-corrected chi connectivity index (χ1v) is 11.2. The minimum absolute atomic E-state index is 0.0910. The Labute approximate surface area is 189 Å². The first-order chi connectivity index (χ1) is 15.5. The van der Waals surface area contributed by atoms with Gasteiger partial charge in [0.25, 0.3) is 11.7 Å². The lowest BCUT2D eigenvalue weighted by atomic mass is 9.95. The van der Waals surface area contributed by atoms with Crippen molar-refractivity contribution in [3.05, 3.63) is 65.2 Å². The highest BCUT2D eigenvalue weighted by Crippen LogP contribution is 2.40. The summed E-state index contributed by atoms with van der Waals surface area (Å²) in [5, 5.41) is 11.1. The van der Waals surface area contributed by atoms with Crippen molar-refractivity contribution < 1.29 is 24.2 Å². The highest BCUT2D eigenvalue weighted by atomic mass is 16.5. The number of likely N-dealkylation sites (tertiary alicyclic amines) is 1. The van der Waals surface area contributed by atoms with Crippen LogP contribution in [0.4, 0.5) is 0 Å². The molecule has 1 N–H and O–H groups in total. The fourth-order valence-electron chi connectivity index (χ4n) is 3.92. The van der Waals surface area contributed by atoms with Gasteiger partial charge in [0.2, 0.25) is 0 Å². The topological polar surface area (TPSA) is 76.1 Å². The van der Waals surface area contributed by atoms with E-state index < -0.39 is 17.7 Å². The number of benzene rings is 2. The van der Waals surface area contributed by atoms with Crippen LogP contribution in [0.25, 0.3) is 5.76 Å². The minimum atomic E-state index is -0.677. The number of nitrogens with zero attached hydrogens (tertiary/aromatic N) is 1. The predicted molar refractivity (Wildman–Crippen MR) is 124 cm³/mol. The number of Topliss-reactive ketones (excluding diaryl/α,β-unsaturated/α-hetero) is 1. The Hall–Kier alpha value is -3.28. The molecule has 3 rings (SSSR count). The first kappa shape index (κ1) is 23.4. The van der Waals surface area contributed by atoms with Gasteiger partial charge in [-0.15, -0.1) is 0 Å². The van der Waals surface area contributed by atoms with E-state index in [9.17, 15) is 14.7 Å². The van der Waals surface area contributed by atoms with E-state index in [2.05, 4.69) is 6.92 Å². The van der Waals surface area contributed by atoms with E-state index in [0.717, 1.165) is 24.8 Å². The molecular formula is C26H31NO5. The normalized spacial score (nSPS) is 17.6. The molecule has 0 aromatic heterocycles. The van der Waals surface area contributed by atoms with E-state index in [1.165, 1.54) is 4.90 Å². The smallest absolute Gasteiger partial charge is 0.295 e. The van der Waals surface area contributed by atoms with Crippen LogP contribution in [-0.2, 0) is 9.59 Å². The number of rotatable bonds is 10. The van der Waals surface area contributed by atoms with Crippen molar-refractivity contribution in [2.45, 2.75) is 45.6 Å². The summed E-state index contributed by atoms with van der Waals surface area (Å²) in [4.78, 5) is 27.3. The molecule has 1 aliphatic heterocycles. The molecule has 1 amide bonds. The van der Waals surface area contributed by atoms with Crippen LogP contribution in [0.1, 0.15) is 56.7 Å². The molecule has 0 radical (unpaired) electrons. The molecule has 0 bridgehead atoms. The van der Waals surface area contributed by atoms with Gasteiger partial charge in [-0.1, -0.05) is 38.8 Å². The molecular weight excluding hydrogens is 406 g/mol. The first-order valence-electron chi connectivity index (χ1n) is 11.2. The molecule has 1 heterocycles. The maximum Gasteiger partial charge on any atom is 0.295 e. The lowest BCUT2D eigenvalue weighted by molar-refractivity contribution is -0.139. The molecule has 1 fully saturated rings. The van der Waals surface area contributed by atoms with Gasteiger partial charge in [0.15, 0.2) is 0 Å². The third kappa shape index (κ3) is 4.96. The van der Waals surface area contributed by atoms with Crippen LogP contribution < -0.4 is 9.47 Å². The van der Waals surface area contributed by atoms with E-state index in [4.69, 9.17) is 9.47 Å². The zero-order chi connectivity index (χ0) is 23.1. The van der Waals surface area contributed by atoms with Crippen LogP contribution in [0, 0.1) is 0 Å². The third-order valence-corrected chi connectivity index (χ3v) is 5.56. The lowest BCUT2D eigenvalue weighted by Gasteiger charge is -2.25. The Morgan fingerprint density at radius 2 is 1.75 bits per heavy atom. The molecule has 0 spiro atoms. The quantitative estimate of drug-likeness (QED) is 0.242. The predicted octanol–water partition coefficient (Wildman–Crippen LogP) is 5.10. The van der Waals surface area contributed by atoms with Gasteiger partial charge >= 0.3 is 0 Å². The van der Waals surface area contributed by atoms with E-state index in [1.54, 1.807) is 43.5 Å². The van der Waals surface area contributed by atoms with Crippen molar-refractivity contribution in [3.8, 4) is 11.5 Å². The molecule has 1 unspecified atom stereocenters. The van der Waals surface area contributed by atoms with Crippen LogP contribution >= 0.6 is 0 Å². The molecule has 32 heavy (non-hydrogen) atoms. The highest BCUT2D eigenvalue weighted by molar-refractivity contribution is 6.46. The van der Waals surface area contributed by atoms with Crippen LogP contribution in [0.2, 0.25) is 0 Å². The summed E-state index contributed by atoms with van der Waals surface area (Å²) < 4.78 is 11.1. The molecule has 1 atom stereocenters. The summed E-state index contributed by atoms with van der Waals surface area (Å²) in [6.45, 7) is 5.13. The fourth-order valence-corrected chi connectivity index (χ4v) is 3.92. The number of carbonyl (C=O) groups excluding carboxylic acids is 2. The summed E-state index contributed by atoms with van der Waals surface area (Å²) in [5.41, 5.74) is 1.27. The molecule has 1 saturated heterocycles. The monoisotopic (exact) mass is 437 g/mol. The van der Waals surface area contributed by atoms with Gasteiger partial charge < -0.3 is 19.5 Å². The molecule has 6 nitrogen and oxygen atoms in total.